The van der Waals surface area contributed by atoms with Crippen LogP contribution >= 0.6 is 0 Å². The summed E-state index contributed by atoms with van der Waals surface area (Å²) in [6.45, 7) is 0.371. The maximum atomic E-state index is 14.3. The van der Waals surface area contributed by atoms with E-state index in [9.17, 15) is 22.8 Å². The van der Waals surface area contributed by atoms with Gasteiger partial charge in [0.1, 0.15) is 6.54 Å². The quantitative estimate of drug-likeness (QED) is 0.168. The van der Waals surface area contributed by atoms with Crippen LogP contribution in [0.15, 0.2) is 115 Å². The van der Waals surface area contributed by atoms with Gasteiger partial charge in [0.25, 0.3) is 0 Å². The Labute approximate surface area is 260 Å². The number of rotatable bonds is 11. The molecule has 1 aliphatic carbocycles. The monoisotopic (exact) mass is 609 g/mol. The molecule has 45 heavy (non-hydrogen) atoms. The minimum absolute atomic E-state index is 0.0297. The molecule has 5 aromatic rings. The Balaban J connectivity index is 1.26. The molecular formula is C37H34F3N3O2. The van der Waals surface area contributed by atoms with Crippen molar-refractivity contribution in [3.8, 4) is 0 Å². The number of aromatic nitrogens is 1. The van der Waals surface area contributed by atoms with Crippen molar-refractivity contribution < 1.29 is 22.8 Å². The van der Waals surface area contributed by atoms with Crippen LogP contribution in [0.3, 0.4) is 0 Å². The Bertz CT molecular complexity index is 1710. The number of H-pyrrole nitrogens is 1. The van der Waals surface area contributed by atoms with E-state index >= 15 is 0 Å². The van der Waals surface area contributed by atoms with Crippen molar-refractivity contribution in [2.75, 3.05) is 13.1 Å². The van der Waals surface area contributed by atoms with Gasteiger partial charge in [-0.2, -0.15) is 13.2 Å². The summed E-state index contributed by atoms with van der Waals surface area (Å²) >= 11 is 0. The summed E-state index contributed by atoms with van der Waals surface area (Å²) in [4.78, 5) is 35.0. The lowest BCUT2D eigenvalue weighted by Gasteiger charge is -2.31. The van der Waals surface area contributed by atoms with Gasteiger partial charge in [-0.05, 0) is 59.7 Å². The van der Waals surface area contributed by atoms with Crippen LogP contribution in [-0.4, -0.2) is 45.7 Å². The number of carbonyl (C=O) groups excluding carboxylic acids is 2. The molecule has 1 aliphatic rings. The van der Waals surface area contributed by atoms with E-state index in [2.05, 4.69) is 4.98 Å². The van der Waals surface area contributed by atoms with Crippen molar-refractivity contribution in [2.24, 2.45) is 0 Å². The number of benzene rings is 4. The highest BCUT2D eigenvalue weighted by molar-refractivity contribution is 5.91. The van der Waals surface area contributed by atoms with Crippen molar-refractivity contribution in [1.29, 1.82) is 0 Å². The Hall–Kier alpha value is -4.85. The molecule has 1 heterocycles. The lowest BCUT2D eigenvalue weighted by Crippen LogP contribution is -2.46. The van der Waals surface area contributed by atoms with Gasteiger partial charge >= 0.3 is 6.18 Å². The van der Waals surface area contributed by atoms with Gasteiger partial charge in [-0.3, -0.25) is 9.59 Å². The highest BCUT2D eigenvalue weighted by Crippen LogP contribution is 2.34. The second kappa shape index (κ2) is 13.0. The molecule has 1 aromatic heterocycles. The fraction of sp³-hybridized carbons (Fsp3) is 0.243. The van der Waals surface area contributed by atoms with Gasteiger partial charge in [-0.25, -0.2) is 0 Å². The topological polar surface area (TPSA) is 56.4 Å². The summed E-state index contributed by atoms with van der Waals surface area (Å²) in [7, 11) is 0. The molecule has 0 saturated heterocycles. The molecule has 6 rings (SSSR count). The minimum atomic E-state index is -4.44. The summed E-state index contributed by atoms with van der Waals surface area (Å²) < 4.78 is 39.7. The molecule has 230 valence electrons. The predicted octanol–water partition coefficient (Wildman–Crippen LogP) is 7.58. The van der Waals surface area contributed by atoms with E-state index in [0.29, 0.717) is 18.5 Å². The Morgan fingerprint density at radius 2 is 1.40 bits per heavy atom. The number of alkyl halides is 3. The third kappa shape index (κ3) is 7.11. The lowest BCUT2D eigenvalue weighted by molar-refractivity contribution is -0.141. The number of amides is 2. The summed E-state index contributed by atoms with van der Waals surface area (Å²) in [5.74, 6) is -0.931. The number of fused-ring (bicyclic) bond motifs is 1. The van der Waals surface area contributed by atoms with Crippen LogP contribution < -0.4 is 0 Å². The fourth-order valence-electron chi connectivity index (χ4n) is 5.86. The number of halogens is 3. The smallest absolute Gasteiger partial charge is 0.361 e. The van der Waals surface area contributed by atoms with Crippen LogP contribution in [0.25, 0.3) is 10.9 Å². The summed E-state index contributed by atoms with van der Waals surface area (Å²) in [6, 6.07) is 32.0. The van der Waals surface area contributed by atoms with E-state index in [1.54, 1.807) is 9.80 Å². The number of nitrogens with one attached hydrogen (secondary N) is 1. The van der Waals surface area contributed by atoms with E-state index in [1.165, 1.54) is 12.1 Å². The van der Waals surface area contributed by atoms with Crippen LogP contribution in [0.2, 0.25) is 0 Å². The minimum Gasteiger partial charge on any atom is -0.361 e. The molecule has 8 heteroatoms. The number of nitrogens with zero attached hydrogens (tertiary/aromatic N) is 2. The number of para-hydroxylation sites is 1. The van der Waals surface area contributed by atoms with Crippen LogP contribution in [0, 0.1) is 0 Å². The number of aromatic amines is 1. The van der Waals surface area contributed by atoms with E-state index in [0.717, 1.165) is 52.6 Å². The second-order valence-corrected chi connectivity index (χ2v) is 11.6. The molecule has 0 unspecified atom stereocenters. The standard InChI is InChI=1S/C37H34F3N3O2/c38-37(39,40)30-17-15-26(16-18-30)24-42(22-21-29-23-41-33-14-8-7-13-32(29)33)34(44)25-43(31-19-20-31)36(45)35(27-9-3-1-4-10-27)28-11-5-2-6-12-28/h1-18,23,31,35,41H,19-22,24-25H2. The van der Waals surface area contributed by atoms with E-state index < -0.39 is 17.7 Å². The summed E-state index contributed by atoms with van der Waals surface area (Å²) in [5, 5.41) is 1.06. The van der Waals surface area contributed by atoms with Crippen LogP contribution in [0.5, 0.6) is 0 Å². The zero-order valence-electron chi connectivity index (χ0n) is 24.7. The highest BCUT2D eigenvalue weighted by atomic mass is 19.4. The molecule has 1 N–H and O–H groups in total. The molecule has 4 aromatic carbocycles. The summed E-state index contributed by atoms with van der Waals surface area (Å²) in [5.41, 5.74) is 3.60. The van der Waals surface area contributed by atoms with Gasteiger partial charge in [-0.1, -0.05) is 91.0 Å². The Morgan fingerprint density at radius 1 is 0.800 bits per heavy atom. The Morgan fingerprint density at radius 3 is 2.00 bits per heavy atom. The molecule has 0 radical (unpaired) electrons. The lowest BCUT2D eigenvalue weighted by atomic mass is 9.90. The average Bonchev–Trinajstić information content (AvgIpc) is 3.81. The largest absolute Gasteiger partial charge is 0.416 e. The SMILES string of the molecule is O=C(CN(C(=O)C(c1ccccc1)c1ccccc1)C1CC1)N(CCc1c[nH]c2ccccc12)Cc1ccc(C(F)(F)F)cc1. The van der Waals surface area contributed by atoms with Gasteiger partial charge in [0, 0.05) is 36.2 Å². The first-order valence-electron chi connectivity index (χ1n) is 15.2. The van der Waals surface area contributed by atoms with Crippen LogP contribution in [-0.2, 0) is 28.7 Å². The average molecular weight is 610 g/mol. The molecule has 1 saturated carbocycles. The van der Waals surface area contributed by atoms with Crippen LogP contribution in [0.4, 0.5) is 13.2 Å². The number of hydrogen-bond acceptors (Lipinski definition) is 2. The molecule has 0 atom stereocenters. The first kappa shape index (κ1) is 30.2. The van der Waals surface area contributed by atoms with Gasteiger partial charge in [0.05, 0.1) is 11.5 Å². The molecule has 5 nitrogen and oxygen atoms in total. The van der Waals surface area contributed by atoms with Crippen molar-refractivity contribution in [1.82, 2.24) is 14.8 Å². The molecule has 0 bridgehead atoms. The van der Waals surface area contributed by atoms with Crippen molar-refractivity contribution in [3.63, 3.8) is 0 Å². The van der Waals surface area contributed by atoms with E-state index in [4.69, 9.17) is 0 Å². The van der Waals surface area contributed by atoms with Crippen molar-refractivity contribution in [2.45, 2.75) is 43.9 Å². The number of hydrogen-bond donors (Lipinski definition) is 1. The zero-order chi connectivity index (χ0) is 31.4. The third-order valence-corrected chi connectivity index (χ3v) is 8.42. The normalized spacial score (nSPS) is 13.2. The first-order valence-corrected chi connectivity index (χ1v) is 15.2. The molecule has 0 aliphatic heterocycles. The van der Waals surface area contributed by atoms with Gasteiger partial charge in [-0.15, -0.1) is 0 Å². The molecule has 0 spiro atoms. The first-order chi connectivity index (χ1) is 21.8. The van der Waals surface area contributed by atoms with Gasteiger partial charge < -0.3 is 14.8 Å². The molecule has 1 fully saturated rings. The fourth-order valence-corrected chi connectivity index (χ4v) is 5.86. The maximum Gasteiger partial charge on any atom is 0.416 e. The van der Waals surface area contributed by atoms with Crippen LogP contribution in [0.1, 0.15) is 46.6 Å². The van der Waals surface area contributed by atoms with Crippen molar-refractivity contribution in [3.05, 3.63) is 143 Å². The van der Waals surface area contributed by atoms with Gasteiger partial charge in [0.15, 0.2) is 0 Å². The third-order valence-electron chi connectivity index (χ3n) is 8.42. The highest BCUT2D eigenvalue weighted by Gasteiger charge is 2.39. The van der Waals surface area contributed by atoms with E-state index in [-0.39, 0.29) is 30.9 Å². The molecule has 2 amide bonds. The summed E-state index contributed by atoms with van der Waals surface area (Å²) in [6.07, 6.45) is -0.324. The maximum absolute atomic E-state index is 14.3. The van der Waals surface area contributed by atoms with E-state index in [1.807, 2.05) is 91.1 Å². The second-order valence-electron chi connectivity index (χ2n) is 11.6. The molecular weight excluding hydrogens is 575 g/mol. The van der Waals surface area contributed by atoms with Gasteiger partial charge in [0.2, 0.25) is 11.8 Å². The van der Waals surface area contributed by atoms with Crippen molar-refractivity contribution >= 4 is 22.7 Å². The number of carbonyl (C=O) groups is 2. The zero-order valence-corrected chi connectivity index (χ0v) is 24.7. The Kier molecular flexibility index (Phi) is 8.74. The predicted molar refractivity (Wildman–Crippen MR) is 168 cm³/mol.